The molecule has 9 heteroatoms. The number of aryl methyl sites for hydroxylation is 1. The first-order valence-electron chi connectivity index (χ1n) is 14.2. The number of likely N-dealkylation sites (N-methyl/N-ethyl adjacent to an activating group) is 1. The molecule has 3 aliphatic rings. The van der Waals surface area contributed by atoms with E-state index in [0.29, 0.717) is 25.6 Å². The first kappa shape index (κ1) is 19.6. The zero-order chi connectivity index (χ0) is 27.3. The van der Waals surface area contributed by atoms with Gasteiger partial charge in [-0.15, -0.1) is 0 Å². The van der Waals surface area contributed by atoms with Crippen molar-refractivity contribution in [2.24, 2.45) is 0 Å². The lowest BCUT2D eigenvalue weighted by atomic mass is 9.97. The molecular weight excluding hydrogens is 456 g/mol. The highest BCUT2D eigenvalue weighted by Crippen LogP contribution is 2.41. The van der Waals surface area contributed by atoms with E-state index in [1.165, 1.54) is 18.2 Å². The number of carbonyl (C=O) groups excluding carboxylic acids is 2. The quantitative estimate of drug-likeness (QED) is 0.562. The largest absolute Gasteiger partial charge is 0.483 e. The molecule has 2 bridgehead atoms. The van der Waals surface area contributed by atoms with Crippen molar-refractivity contribution in [2.45, 2.75) is 50.9 Å². The van der Waals surface area contributed by atoms with Gasteiger partial charge >= 0.3 is 0 Å². The van der Waals surface area contributed by atoms with E-state index in [4.69, 9.17) is 18.9 Å². The normalized spacial score (nSPS) is 22.8. The molecule has 1 N–H and O–H groups in total. The lowest BCUT2D eigenvalue weighted by Crippen LogP contribution is -2.39. The maximum Gasteiger partial charge on any atom is 0.258 e. The average molecular weight is 492 g/mol. The van der Waals surface area contributed by atoms with Crippen LogP contribution in [0, 0.1) is 6.85 Å². The van der Waals surface area contributed by atoms with Gasteiger partial charge in [0.1, 0.15) is 11.6 Å². The highest BCUT2D eigenvalue weighted by atomic mass is 16.5. The van der Waals surface area contributed by atoms with Crippen molar-refractivity contribution in [3.8, 4) is 5.75 Å². The van der Waals surface area contributed by atoms with Crippen LogP contribution in [0.1, 0.15) is 75.5 Å². The van der Waals surface area contributed by atoms with E-state index in [2.05, 4.69) is 16.3 Å². The van der Waals surface area contributed by atoms with Gasteiger partial charge in [0.2, 0.25) is 0 Å². The van der Waals surface area contributed by atoms with E-state index in [1.807, 2.05) is 17.6 Å². The van der Waals surface area contributed by atoms with E-state index >= 15 is 0 Å². The minimum Gasteiger partial charge on any atom is -0.483 e. The van der Waals surface area contributed by atoms with Crippen LogP contribution < -0.4 is 15.0 Å². The number of nitrogens with one attached hydrogen (secondary N) is 1. The molecule has 2 aliphatic heterocycles. The summed E-state index contributed by atoms with van der Waals surface area (Å²) < 4.78 is 31.2. The Balaban J connectivity index is 1.47. The Morgan fingerprint density at radius 1 is 1.08 bits per heavy atom. The summed E-state index contributed by atoms with van der Waals surface area (Å²) in [6.45, 7) is -1.24. The number of hydrogen-bond acceptors (Lipinski definition) is 6. The summed E-state index contributed by atoms with van der Waals surface area (Å²) >= 11 is 0. The van der Waals surface area contributed by atoms with Gasteiger partial charge in [-0.3, -0.25) is 9.59 Å². The number of benzene rings is 1. The zero-order valence-corrected chi connectivity index (χ0v) is 20.4. The smallest absolute Gasteiger partial charge is 0.258 e. The number of amides is 2. The zero-order valence-electron chi connectivity index (χ0n) is 23.4. The van der Waals surface area contributed by atoms with Gasteiger partial charge in [-0.05, 0) is 51.1 Å². The van der Waals surface area contributed by atoms with Gasteiger partial charge in [0.15, 0.2) is 12.3 Å². The van der Waals surface area contributed by atoms with Crippen LogP contribution in [-0.4, -0.2) is 64.6 Å². The van der Waals surface area contributed by atoms with Crippen LogP contribution in [0.15, 0.2) is 30.3 Å². The highest BCUT2D eigenvalue weighted by Gasteiger charge is 2.33. The van der Waals surface area contributed by atoms with Crippen molar-refractivity contribution in [3.05, 3.63) is 52.8 Å². The summed E-state index contributed by atoms with van der Waals surface area (Å²) in [6, 6.07) is 8.01. The molecular formula is C27H32N6O3. The van der Waals surface area contributed by atoms with Gasteiger partial charge in [-0.25, -0.2) is 4.98 Å². The predicted octanol–water partition coefficient (Wildman–Crippen LogP) is 3.23. The van der Waals surface area contributed by atoms with E-state index in [0.717, 1.165) is 55.0 Å². The summed E-state index contributed by atoms with van der Waals surface area (Å²) in [5.74, 6) is 0.846. The molecule has 1 aliphatic carbocycles. The number of carbonyl (C=O) groups is 2. The molecule has 2 fully saturated rings. The molecule has 1 atom stereocenters. The Labute approximate surface area is 214 Å². The monoisotopic (exact) mass is 491 g/mol. The van der Waals surface area contributed by atoms with Crippen molar-refractivity contribution < 1.29 is 18.4 Å². The predicted molar refractivity (Wildman–Crippen MR) is 136 cm³/mol. The number of piperidine rings is 1. The third-order valence-corrected chi connectivity index (χ3v) is 7.28. The molecule has 2 aromatic heterocycles. The Morgan fingerprint density at radius 3 is 2.81 bits per heavy atom. The average Bonchev–Trinajstić information content (AvgIpc) is 3.68. The van der Waals surface area contributed by atoms with Crippen molar-refractivity contribution in [1.29, 1.82) is 0 Å². The van der Waals surface area contributed by atoms with Crippen LogP contribution in [0.2, 0.25) is 0 Å². The molecule has 1 saturated carbocycles. The summed E-state index contributed by atoms with van der Waals surface area (Å²) in [5.41, 5.74) is 2.70. The van der Waals surface area contributed by atoms with Gasteiger partial charge < -0.3 is 19.9 Å². The van der Waals surface area contributed by atoms with E-state index < -0.39 is 6.85 Å². The Kier molecular flexibility index (Phi) is 4.95. The number of fused-ring (bicyclic) bond motifs is 4. The van der Waals surface area contributed by atoms with Gasteiger partial charge in [-0.1, -0.05) is 11.6 Å². The molecule has 1 aromatic carbocycles. The number of rotatable bonds is 1. The second kappa shape index (κ2) is 9.11. The van der Waals surface area contributed by atoms with Crippen molar-refractivity contribution in [2.75, 3.05) is 38.2 Å². The molecule has 188 valence electrons. The molecule has 36 heavy (non-hydrogen) atoms. The van der Waals surface area contributed by atoms with Crippen LogP contribution in [0.5, 0.6) is 5.75 Å². The van der Waals surface area contributed by atoms with Gasteiger partial charge in [0.25, 0.3) is 11.8 Å². The van der Waals surface area contributed by atoms with E-state index in [1.54, 1.807) is 4.90 Å². The molecule has 1 saturated heterocycles. The van der Waals surface area contributed by atoms with Gasteiger partial charge in [0, 0.05) is 54.5 Å². The molecule has 0 spiro atoms. The van der Waals surface area contributed by atoms with E-state index in [9.17, 15) is 9.59 Å². The Morgan fingerprint density at radius 2 is 1.97 bits per heavy atom. The van der Waals surface area contributed by atoms with Crippen LogP contribution in [0.25, 0.3) is 5.65 Å². The second-order valence-corrected chi connectivity index (χ2v) is 9.93. The molecule has 1 unspecified atom stereocenters. The standard InChI is InChI=1S/C27H32N6O3/c1-17-6-9-23-19(13-17)27(35)32-11-4-3-5-22(32)21-14-24-29-20(18-7-8-18)15-26(33(24)30-21)31(2)12-10-28-25(34)16-36-23/h6,9,13-15,18,22H,3-5,7-8,10-12,16H2,1-2H3,(H,28,34)/i1D3. The lowest BCUT2D eigenvalue weighted by molar-refractivity contribution is -0.123. The molecule has 3 aromatic rings. The van der Waals surface area contributed by atoms with Crippen LogP contribution in [0.4, 0.5) is 5.82 Å². The molecule has 4 heterocycles. The molecule has 2 amide bonds. The number of hydrogen-bond donors (Lipinski definition) is 1. The topological polar surface area (TPSA) is 92.1 Å². The van der Waals surface area contributed by atoms with Crippen LogP contribution in [-0.2, 0) is 4.79 Å². The summed E-state index contributed by atoms with van der Waals surface area (Å²) in [4.78, 5) is 35.4. The number of ether oxygens (including phenoxy) is 1. The van der Waals surface area contributed by atoms with Gasteiger partial charge in [-0.2, -0.15) is 9.61 Å². The van der Waals surface area contributed by atoms with Crippen molar-refractivity contribution in [1.82, 2.24) is 24.8 Å². The summed E-state index contributed by atoms with van der Waals surface area (Å²) in [6.07, 6.45) is 4.73. The summed E-state index contributed by atoms with van der Waals surface area (Å²) in [7, 11) is 1.97. The third kappa shape index (κ3) is 4.27. The highest BCUT2D eigenvalue weighted by molar-refractivity contribution is 5.97. The number of nitrogens with zero attached hydrogens (tertiary/aromatic N) is 5. The SMILES string of the molecule is [2H]C([2H])([2H])c1ccc2c(c1)C(=O)N1CCCCC1c1cc3nc(C4CC4)cc(n3n1)N(C)CCNC(=O)CO2. The first-order valence-corrected chi connectivity index (χ1v) is 12.7. The van der Waals surface area contributed by atoms with Crippen molar-refractivity contribution in [3.63, 3.8) is 0 Å². The van der Waals surface area contributed by atoms with Crippen molar-refractivity contribution >= 4 is 23.3 Å². The van der Waals surface area contributed by atoms with Crippen LogP contribution >= 0.6 is 0 Å². The lowest BCUT2D eigenvalue weighted by Gasteiger charge is -2.35. The van der Waals surface area contributed by atoms with E-state index in [-0.39, 0.29) is 41.3 Å². The minimum absolute atomic E-state index is 0.0443. The number of anilines is 1. The maximum absolute atomic E-state index is 14.1. The molecule has 0 radical (unpaired) electrons. The fraction of sp³-hybridized carbons (Fsp3) is 0.481. The van der Waals surface area contributed by atoms with Crippen LogP contribution in [0.3, 0.4) is 0 Å². The fourth-order valence-corrected chi connectivity index (χ4v) is 5.15. The van der Waals surface area contributed by atoms with Gasteiger partial charge in [0.05, 0.1) is 17.3 Å². The Hall–Kier alpha value is -3.62. The third-order valence-electron chi connectivity index (χ3n) is 7.28. The fourth-order valence-electron chi connectivity index (χ4n) is 5.15. The second-order valence-electron chi connectivity index (χ2n) is 9.93. The maximum atomic E-state index is 14.1. The Bertz CT molecular complexity index is 1430. The molecule has 6 rings (SSSR count). The summed E-state index contributed by atoms with van der Waals surface area (Å²) in [5, 5.41) is 7.81. The minimum atomic E-state index is -2.39. The first-order chi connectivity index (χ1) is 18.7. The number of aromatic nitrogens is 3. The molecule has 9 nitrogen and oxygen atoms in total.